The summed E-state index contributed by atoms with van der Waals surface area (Å²) in [6, 6.07) is 19.5. The summed E-state index contributed by atoms with van der Waals surface area (Å²) in [5, 5.41) is 3.53. The number of fused-ring (bicyclic) bond motifs is 1. The molecule has 3 heteroatoms. The lowest BCUT2D eigenvalue weighted by molar-refractivity contribution is 0.881. The van der Waals surface area contributed by atoms with Crippen LogP contribution >= 0.6 is 23.2 Å². The highest BCUT2D eigenvalue weighted by molar-refractivity contribution is 6.35. The Bertz CT molecular complexity index is 763. The van der Waals surface area contributed by atoms with Crippen molar-refractivity contribution in [1.82, 2.24) is 0 Å². The molecule has 3 aromatic rings. The summed E-state index contributed by atoms with van der Waals surface area (Å²) in [7, 11) is 0. The highest BCUT2D eigenvalue weighted by Crippen LogP contribution is 2.32. The zero-order valence-electron chi connectivity index (χ0n) is 10.7. The predicted octanol–water partition coefficient (Wildman–Crippen LogP) is 5.19. The Hall–Kier alpha value is -1.54. The first-order valence-corrected chi connectivity index (χ1v) is 7.10. The Morgan fingerprint density at radius 3 is 2.35 bits per heavy atom. The molecule has 0 spiro atoms. The lowest BCUT2D eigenvalue weighted by Crippen LogP contribution is -2.12. The van der Waals surface area contributed by atoms with Crippen LogP contribution in [0, 0.1) is 0 Å². The molecular weight excluding hydrogens is 289 g/mol. The fraction of sp³-hybridized carbons (Fsp3) is 0.0588. The van der Waals surface area contributed by atoms with Crippen LogP contribution in [0.15, 0.2) is 60.7 Å². The third-order valence-corrected chi connectivity index (χ3v) is 4.02. The van der Waals surface area contributed by atoms with Gasteiger partial charge in [0, 0.05) is 10.0 Å². The number of nitrogens with two attached hydrogens (primary N) is 1. The molecule has 100 valence electrons. The molecule has 0 aromatic heterocycles. The molecule has 20 heavy (non-hydrogen) atoms. The van der Waals surface area contributed by atoms with Crippen molar-refractivity contribution in [3.63, 3.8) is 0 Å². The first-order chi connectivity index (χ1) is 9.66. The summed E-state index contributed by atoms with van der Waals surface area (Å²) in [6.07, 6.45) is 0. The quantitative estimate of drug-likeness (QED) is 0.692. The van der Waals surface area contributed by atoms with E-state index >= 15 is 0 Å². The Kier molecular flexibility index (Phi) is 3.66. The number of halogens is 2. The van der Waals surface area contributed by atoms with Gasteiger partial charge in [-0.05, 0) is 34.0 Å². The zero-order chi connectivity index (χ0) is 14.1. The van der Waals surface area contributed by atoms with Gasteiger partial charge in [-0.2, -0.15) is 0 Å². The van der Waals surface area contributed by atoms with Crippen molar-refractivity contribution in [2.75, 3.05) is 0 Å². The van der Waals surface area contributed by atoms with Crippen molar-refractivity contribution in [2.45, 2.75) is 6.04 Å². The van der Waals surface area contributed by atoms with Crippen LogP contribution < -0.4 is 5.73 Å². The molecular formula is C17H13Cl2N. The number of rotatable bonds is 2. The zero-order valence-corrected chi connectivity index (χ0v) is 12.2. The van der Waals surface area contributed by atoms with Gasteiger partial charge < -0.3 is 5.73 Å². The predicted molar refractivity (Wildman–Crippen MR) is 86.4 cm³/mol. The highest BCUT2D eigenvalue weighted by Gasteiger charge is 2.15. The third kappa shape index (κ3) is 2.40. The molecule has 0 saturated carbocycles. The SMILES string of the molecule is NC(c1ccc(Cl)cc1Cl)c1cccc2ccccc12. The van der Waals surface area contributed by atoms with Crippen molar-refractivity contribution in [2.24, 2.45) is 5.73 Å². The van der Waals surface area contributed by atoms with E-state index < -0.39 is 0 Å². The van der Waals surface area contributed by atoms with Crippen LogP contribution in [0.25, 0.3) is 10.8 Å². The first-order valence-electron chi connectivity index (χ1n) is 6.35. The molecule has 0 heterocycles. The monoisotopic (exact) mass is 301 g/mol. The molecule has 2 N–H and O–H groups in total. The molecule has 0 aliphatic carbocycles. The van der Waals surface area contributed by atoms with Crippen LogP contribution in [0.4, 0.5) is 0 Å². The molecule has 1 nitrogen and oxygen atoms in total. The molecule has 3 aromatic carbocycles. The summed E-state index contributed by atoms with van der Waals surface area (Å²) in [5.41, 5.74) is 8.35. The second-order valence-corrected chi connectivity index (χ2v) is 5.56. The van der Waals surface area contributed by atoms with Gasteiger partial charge in [0.15, 0.2) is 0 Å². The molecule has 0 radical (unpaired) electrons. The van der Waals surface area contributed by atoms with E-state index in [1.54, 1.807) is 6.07 Å². The Morgan fingerprint density at radius 1 is 0.800 bits per heavy atom. The fourth-order valence-corrected chi connectivity index (χ4v) is 2.97. The van der Waals surface area contributed by atoms with Crippen LogP contribution in [0.3, 0.4) is 0 Å². The maximum Gasteiger partial charge on any atom is 0.0572 e. The molecule has 1 unspecified atom stereocenters. The minimum Gasteiger partial charge on any atom is -0.320 e. The van der Waals surface area contributed by atoms with Gasteiger partial charge in [-0.3, -0.25) is 0 Å². The van der Waals surface area contributed by atoms with Gasteiger partial charge in [0.25, 0.3) is 0 Å². The lowest BCUT2D eigenvalue weighted by Gasteiger charge is -2.16. The van der Waals surface area contributed by atoms with Gasteiger partial charge in [0.05, 0.1) is 6.04 Å². The van der Waals surface area contributed by atoms with Crippen molar-refractivity contribution < 1.29 is 0 Å². The first kappa shape index (κ1) is 13.4. The van der Waals surface area contributed by atoms with Gasteiger partial charge in [0.1, 0.15) is 0 Å². The molecule has 3 rings (SSSR count). The second-order valence-electron chi connectivity index (χ2n) is 4.71. The minimum atomic E-state index is -0.272. The van der Waals surface area contributed by atoms with Gasteiger partial charge in [-0.15, -0.1) is 0 Å². The highest BCUT2D eigenvalue weighted by atomic mass is 35.5. The number of hydrogen-bond donors (Lipinski definition) is 1. The summed E-state index contributed by atoms with van der Waals surface area (Å²) < 4.78 is 0. The molecule has 0 bridgehead atoms. The standard InChI is InChI=1S/C17H13Cl2N/c18-12-8-9-15(16(19)10-12)17(20)14-7-3-5-11-4-1-2-6-13(11)14/h1-10,17H,20H2. The molecule has 0 amide bonds. The van der Waals surface area contributed by atoms with Crippen molar-refractivity contribution in [3.05, 3.63) is 81.8 Å². The second kappa shape index (κ2) is 5.45. The van der Waals surface area contributed by atoms with Gasteiger partial charge >= 0.3 is 0 Å². The molecule has 0 aliphatic rings. The van der Waals surface area contributed by atoms with E-state index in [1.807, 2.05) is 36.4 Å². The van der Waals surface area contributed by atoms with Crippen LogP contribution in [-0.4, -0.2) is 0 Å². The topological polar surface area (TPSA) is 26.0 Å². The Balaban J connectivity index is 2.15. The van der Waals surface area contributed by atoms with Crippen molar-refractivity contribution >= 4 is 34.0 Å². The van der Waals surface area contributed by atoms with Crippen LogP contribution in [0.5, 0.6) is 0 Å². The van der Waals surface area contributed by atoms with E-state index in [0.29, 0.717) is 10.0 Å². The average molecular weight is 302 g/mol. The smallest absolute Gasteiger partial charge is 0.0572 e. The Labute approximate surface area is 127 Å². The van der Waals surface area contributed by atoms with E-state index in [9.17, 15) is 0 Å². The molecule has 1 atom stereocenters. The van der Waals surface area contributed by atoms with E-state index in [0.717, 1.165) is 16.5 Å². The summed E-state index contributed by atoms with van der Waals surface area (Å²) in [4.78, 5) is 0. The number of hydrogen-bond acceptors (Lipinski definition) is 1. The van der Waals surface area contributed by atoms with E-state index in [1.165, 1.54) is 5.39 Å². The lowest BCUT2D eigenvalue weighted by atomic mass is 9.94. The van der Waals surface area contributed by atoms with Crippen LogP contribution in [0.1, 0.15) is 17.2 Å². The van der Waals surface area contributed by atoms with Crippen molar-refractivity contribution in [3.8, 4) is 0 Å². The van der Waals surface area contributed by atoms with Gasteiger partial charge in [0.2, 0.25) is 0 Å². The van der Waals surface area contributed by atoms with E-state index in [-0.39, 0.29) is 6.04 Å². The van der Waals surface area contributed by atoms with E-state index in [4.69, 9.17) is 28.9 Å². The third-order valence-electron chi connectivity index (χ3n) is 3.46. The van der Waals surface area contributed by atoms with Crippen LogP contribution in [-0.2, 0) is 0 Å². The molecule has 0 saturated heterocycles. The normalized spacial score (nSPS) is 12.6. The maximum absolute atomic E-state index is 6.41. The maximum atomic E-state index is 6.41. The Morgan fingerprint density at radius 2 is 1.55 bits per heavy atom. The van der Waals surface area contributed by atoms with Crippen LogP contribution in [0.2, 0.25) is 10.0 Å². The summed E-state index contributed by atoms with van der Waals surface area (Å²) in [5.74, 6) is 0. The summed E-state index contributed by atoms with van der Waals surface area (Å²) >= 11 is 12.2. The molecule has 0 aliphatic heterocycles. The largest absolute Gasteiger partial charge is 0.320 e. The minimum absolute atomic E-state index is 0.272. The van der Waals surface area contributed by atoms with Gasteiger partial charge in [-0.25, -0.2) is 0 Å². The van der Waals surface area contributed by atoms with E-state index in [2.05, 4.69) is 18.2 Å². The summed E-state index contributed by atoms with van der Waals surface area (Å²) in [6.45, 7) is 0. The fourth-order valence-electron chi connectivity index (χ4n) is 2.44. The van der Waals surface area contributed by atoms with Gasteiger partial charge in [-0.1, -0.05) is 71.7 Å². The van der Waals surface area contributed by atoms with Crippen molar-refractivity contribution in [1.29, 1.82) is 0 Å². The number of benzene rings is 3. The average Bonchev–Trinajstić information content (AvgIpc) is 2.46. The molecule has 0 fully saturated rings.